The smallest absolute Gasteiger partial charge is 0.251 e. The van der Waals surface area contributed by atoms with Crippen molar-refractivity contribution in [1.29, 1.82) is 0 Å². The largest absolute Gasteiger partial charge is 0.352 e. The number of benzene rings is 1. The summed E-state index contributed by atoms with van der Waals surface area (Å²) in [6, 6.07) is 9.46. The minimum Gasteiger partial charge on any atom is -0.352 e. The number of hydrogen-bond acceptors (Lipinski definition) is 3. The summed E-state index contributed by atoms with van der Waals surface area (Å²) in [5.74, 6) is 1.06. The SMILES string of the molecule is NCC1CCCC1CNC(=O)c1cccc2ncccc12. The van der Waals surface area contributed by atoms with Crippen molar-refractivity contribution in [1.82, 2.24) is 10.3 Å². The predicted octanol–water partition coefficient (Wildman–Crippen LogP) is 2.34. The van der Waals surface area contributed by atoms with Gasteiger partial charge in [0.1, 0.15) is 0 Å². The fourth-order valence-electron chi connectivity index (χ4n) is 3.31. The molecule has 0 bridgehead atoms. The maximum Gasteiger partial charge on any atom is 0.251 e. The quantitative estimate of drug-likeness (QED) is 0.905. The molecule has 21 heavy (non-hydrogen) atoms. The average Bonchev–Trinajstić information content (AvgIpc) is 2.99. The van der Waals surface area contributed by atoms with Gasteiger partial charge in [0.05, 0.1) is 5.52 Å². The second kappa shape index (κ2) is 6.22. The van der Waals surface area contributed by atoms with Crippen molar-refractivity contribution in [3.05, 3.63) is 42.1 Å². The zero-order valence-electron chi connectivity index (χ0n) is 12.1. The first-order valence-corrected chi connectivity index (χ1v) is 7.61. The number of hydrogen-bond donors (Lipinski definition) is 2. The summed E-state index contributed by atoms with van der Waals surface area (Å²) in [7, 11) is 0. The summed E-state index contributed by atoms with van der Waals surface area (Å²) < 4.78 is 0. The Morgan fingerprint density at radius 3 is 2.95 bits per heavy atom. The maximum absolute atomic E-state index is 12.4. The van der Waals surface area contributed by atoms with E-state index in [4.69, 9.17) is 5.73 Å². The van der Waals surface area contributed by atoms with E-state index in [-0.39, 0.29) is 5.91 Å². The van der Waals surface area contributed by atoms with Gasteiger partial charge >= 0.3 is 0 Å². The molecule has 3 rings (SSSR count). The van der Waals surface area contributed by atoms with E-state index in [1.807, 2.05) is 30.3 Å². The molecule has 2 unspecified atom stereocenters. The second-order valence-electron chi connectivity index (χ2n) is 5.77. The summed E-state index contributed by atoms with van der Waals surface area (Å²) in [4.78, 5) is 16.7. The molecule has 1 aliphatic rings. The summed E-state index contributed by atoms with van der Waals surface area (Å²) >= 11 is 0. The summed E-state index contributed by atoms with van der Waals surface area (Å²) in [6.45, 7) is 1.44. The van der Waals surface area contributed by atoms with Crippen LogP contribution >= 0.6 is 0 Å². The van der Waals surface area contributed by atoms with E-state index >= 15 is 0 Å². The molecular formula is C17H21N3O. The Bertz CT molecular complexity index is 635. The molecule has 0 aliphatic heterocycles. The zero-order chi connectivity index (χ0) is 14.7. The first-order chi connectivity index (χ1) is 10.3. The lowest BCUT2D eigenvalue weighted by atomic mass is 9.96. The van der Waals surface area contributed by atoms with Crippen molar-refractivity contribution >= 4 is 16.8 Å². The fourth-order valence-corrected chi connectivity index (χ4v) is 3.31. The molecule has 2 atom stereocenters. The number of amides is 1. The van der Waals surface area contributed by atoms with E-state index in [1.165, 1.54) is 19.3 Å². The Labute approximate surface area is 124 Å². The molecule has 1 aromatic carbocycles. The van der Waals surface area contributed by atoms with Gasteiger partial charge in [0.2, 0.25) is 0 Å². The molecule has 0 radical (unpaired) electrons. The summed E-state index contributed by atoms with van der Waals surface area (Å²) in [6.07, 6.45) is 5.32. The molecule has 1 aliphatic carbocycles. The maximum atomic E-state index is 12.4. The minimum atomic E-state index is -0.0173. The lowest BCUT2D eigenvalue weighted by Crippen LogP contribution is -2.32. The number of nitrogens with one attached hydrogen (secondary N) is 1. The van der Waals surface area contributed by atoms with Crippen molar-refractivity contribution < 1.29 is 4.79 Å². The average molecular weight is 283 g/mol. The Hall–Kier alpha value is -1.94. The van der Waals surface area contributed by atoms with Crippen molar-refractivity contribution in [2.24, 2.45) is 17.6 Å². The number of pyridine rings is 1. The van der Waals surface area contributed by atoms with Crippen LogP contribution in [0, 0.1) is 11.8 Å². The predicted molar refractivity (Wildman–Crippen MR) is 84.0 cm³/mol. The number of nitrogens with zero attached hydrogens (tertiary/aromatic N) is 1. The van der Waals surface area contributed by atoms with Crippen molar-refractivity contribution in [2.45, 2.75) is 19.3 Å². The fraction of sp³-hybridized carbons (Fsp3) is 0.412. The molecule has 1 heterocycles. The lowest BCUT2D eigenvalue weighted by Gasteiger charge is -2.18. The van der Waals surface area contributed by atoms with Crippen LogP contribution in [-0.2, 0) is 0 Å². The Kier molecular flexibility index (Phi) is 4.15. The molecule has 1 saturated carbocycles. The Morgan fingerprint density at radius 2 is 2.10 bits per heavy atom. The van der Waals surface area contributed by atoms with Crippen LogP contribution in [0.2, 0.25) is 0 Å². The van der Waals surface area contributed by atoms with E-state index in [9.17, 15) is 4.79 Å². The van der Waals surface area contributed by atoms with Crippen LogP contribution in [0.15, 0.2) is 36.5 Å². The monoisotopic (exact) mass is 283 g/mol. The highest BCUT2D eigenvalue weighted by Crippen LogP contribution is 2.30. The first-order valence-electron chi connectivity index (χ1n) is 7.61. The van der Waals surface area contributed by atoms with Gasteiger partial charge in [-0.2, -0.15) is 0 Å². The molecule has 110 valence electrons. The van der Waals surface area contributed by atoms with Crippen molar-refractivity contribution in [3.8, 4) is 0 Å². The van der Waals surface area contributed by atoms with Gasteiger partial charge in [-0.1, -0.05) is 18.6 Å². The second-order valence-corrected chi connectivity index (χ2v) is 5.77. The number of carbonyl (C=O) groups is 1. The van der Waals surface area contributed by atoms with Gasteiger partial charge in [-0.25, -0.2) is 0 Å². The third-order valence-electron chi connectivity index (χ3n) is 4.53. The standard InChI is InChI=1S/C17H21N3O/c18-10-12-4-1-5-13(12)11-20-17(21)15-6-2-8-16-14(15)7-3-9-19-16/h2-3,6-9,12-13H,1,4-5,10-11,18H2,(H,20,21). The van der Waals surface area contributed by atoms with Gasteiger partial charge in [-0.15, -0.1) is 0 Å². The molecule has 1 aromatic heterocycles. The molecule has 1 amide bonds. The van der Waals surface area contributed by atoms with Gasteiger partial charge < -0.3 is 11.1 Å². The van der Waals surface area contributed by atoms with E-state index in [0.29, 0.717) is 17.4 Å². The molecular weight excluding hydrogens is 262 g/mol. The van der Waals surface area contributed by atoms with Crippen LogP contribution in [0.25, 0.3) is 10.9 Å². The highest BCUT2D eigenvalue weighted by molar-refractivity contribution is 6.06. The first kappa shape index (κ1) is 14.0. The zero-order valence-corrected chi connectivity index (χ0v) is 12.1. The van der Waals surface area contributed by atoms with E-state index in [1.54, 1.807) is 6.20 Å². The normalized spacial score (nSPS) is 21.6. The summed E-state index contributed by atoms with van der Waals surface area (Å²) in [5.41, 5.74) is 7.34. The number of carbonyl (C=O) groups excluding carboxylic acids is 1. The Morgan fingerprint density at radius 1 is 1.24 bits per heavy atom. The number of aromatic nitrogens is 1. The number of rotatable bonds is 4. The van der Waals surface area contributed by atoms with Crippen LogP contribution < -0.4 is 11.1 Å². The molecule has 3 N–H and O–H groups in total. The van der Waals surface area contributed by atoms with Gasteiger partial charge in [-0.3, -0.25) is 9.78 Å². The third-order valence-corrected chi connectivity index (χ3v) is 4.53. The van der Waals surface area contributed by atoms with E-state index in [2.05, 4.69) is 10.3 Å². The molecule has 4 nitrogen and oxygen atoms in total. The van der Waals surface area contributed by atoms with Crippen LogP contribution in [0.4, 0.5) is 0 Å². The molecule has 2 aromatic rings. The lowest BCUT2D eigenvalue weighted by molar-refractivity contribution is 0.0946. The van der Waals surface area contributed by atoms with Crippen LogP contribution in [0.5, 0.6) is 0 Å². The highest BCUT2D eigenvalue weighted by Gasteiger charge is 2.26. The Balaban J connectivity index is 1.72. The minimum absolute atomic E-state index is 0.0173. The van der Waals surface area contributed by atoms with Crippen LogP contribution in [-0.4, -0.2) is 24.0 Å². The number of fused-ring (bicyclic) bond motifs is 1. The van der Waals surface area contributed by atoms with Crippen LogP contribution in [0.3, 0.4) is 0 Å². The van der Waals surface area contributed by atoms with Gasteiger partial charge in [-0.05, 0) is 49.4 Å². The number of nitrogens with two attached hydrogens (primary N) is 1. The topological polar surface area (TPSA) is 68.0 Å². The molecule has 4 heteroatoms. The van der Waals surface area contributed by atoms with E-state index in [0.717, 1.165) is 24.0 Å². The third kappa shape index (κ3) is 2.90. The van der Waals surface area contributed by atoms with Crippen molar-refractivity contribution in [2.75, 3.05) is 13.1 Å². The molecule has 0 saturated heterocycles. The highest BCUT2D eigenvalue weighted by atomic mass is 16.1. The van der Waals surface area contributed by atoms with Crippen molar-refractivity contribution in [3.63, 3.8) is 0 Å². The van der Waals surface area contributed by atoms with Gasteiger partial charge in [0, 0.05) is 23.7 Å². The molecule has 0 spiro atoms. The summed E-state index contributed by atoms with van der Waals surface area (Å²) in [5, 5.41) is 3.98. The van der Waals surface area contributed by atoms with E-state index < -0.39 is 0 Å². The van der Waals surface area contributed by atoms with Gasteiger partial charge in [0.15, 0.2) is 0 Å². The molecule has 1 fully saturated rings. The van der Waals surface area contributed by atoms with Gasteiger partial charge in [0.25, 0.3) is 5.91 Å². The van der Waals surface area contributed by atoms with Crippen LogP contribution in [0.1, 0.15) is 29.6 Å².